The molecule has 0 spiro atoms. The van der Waals surface area contributed by atoms with E-state index in [1.807, 2.05) is 24.3 Å². The Morgan fingerprint density at radius 1 is 1.04 bits per heavy atom. The van der Waals surface area contributed by atoms with Crippen LogP contribution >= 0.6 is 12.4 Å². The van der Waals surface area contributed by atoms with Crippen LogP contribution in [-0.4, -0.2) is 66.8 Å². The molecular formula is C17H25ClN4O3. The molecule has 7 nitrogen and oxygen atoms in total. The molecule has 0 atom stereocenters. The number of carbonyl (C=O) groups is 3. The Hall–Kier alpha value is -2.12. The normalized spacial score (nSPS) is 13.8. The third-order valence-corrected chi connectivity index (χ3v) is 4.15. The predicted molar refractivity (Wildman–Crippen MR) is 97.6 cm³/mol. The van der Waals surface area contributed by atoms with Crippen LogP contribution in [0.3, 0.4) is 0 Å². The summed E-state index contributed by atoms with van der Waals surface area (Å²) in [6, 6.07) is 7.63. The zero-order valence-corrected chi connectivity index (χ0v) is 15.2. The van der Waals surface area contributed by atoms with Crippen molar-refractivity contribution in [2.45, 2.75) is 13.3 Å². The van der Waals surface area contributed by atoms with Gasteiger partial charge in [0.15, 0.2) is 0 Å². The fourth-order valence-corrected chi connectivity index (χ4v) is 2.58. The van der Waals surface area contributed by atoms with Crippen LogP contribution in [0.15, 0.2) is 24.3 Å². The molecule has 1 aliphatic heterocycles. The van der Waals surface area contributed by atoms with Gasteiger partial charge in [0.2, 0.25) is 11.8 Å². The standard InChI is InChI=1S/C17H24N4O3.ClH/c1-2-13-3-5-14(6-4-13)17(24)21-9-7-20(8-10-21)16(23)12-19-15(22)11-18;/h3-6H,2,7-12,18H2,1H3,(H,19,22);1H. The first kappa shape index (κ1) is 20.9. The number of nitrogens with one attached hydrogen (secondary N) is 1. The lowest BCUT2D eigenvalue weighted by molar-refractivity contribution is -0.133. The minimum atomic E-state index is -0.354. The van der Waals surface area contributed by atoms with Gasteiger partial charge in [-0.2, -0.15) is 0 Å². The summed E-state index contributed by atoms with van der Waals surface area (Å²) >= 11 is 0. The van der Waals surface area contributed by atoms with E-state index in [0.717, 1.165) is 6.42 Å². The minimum absolute atomic E-state index is 0. The maximum Gasteiger partial charge on any atom is 0.253 e. The van der Waals surface area contributed by atoms with Crippen molar-refractivity contribution >= 4 is 30.1 Å². The highest BCUT2D eigenvalue weighted by atomic mass is 35.5. The average Bonchev–Trinajstić information content (AvgIpc) is 2.65. The molecule has 1 heterocycles. The van der Waals surface area contributed by atoms with Crippen LogP contribution in [0.4, 0.5) is 0 Å². The van der Waals surface area contributed by atoms with E-state index in [0.29, 0.717) is 31.7 Å². The quantitative estimate of drug-likeness (QED) is 0.766. The molecule has 138 valence electrons. The highest BCUT2D eigenvalue weighted by Crippen LogP contribution is 2.11. The molecule has 8 heteroatoms. The zero-order chi connectivity index (χ0) is 17.5. The molecule has 1 aromatic carbocycles. The number of carbonyl (C=O) groups excluding carboxylic acids is 3. The lowest BCUT2D eigenvalue weighted by atomic mass is 10.1. The first-order valence-electron chi connectivity index (χ1n) is 8.18. The Labute approximate surface area is 153 Å². The second-order valence-electron chi connectivity index (χ2n) is 5.70. The number of nitrogens with zero attached hydrogens (tertiary/aromatic N) is 2. The third kappa shape index (κ3) is 5.72. The lowest BCUT2D eigenvalue weighted by Gasteiger charge is -2.34. The number of halogens is 1. The van der Waals surface area contributed by atoms with Crippen molar-refractivity contribution in [3.63, 3.8) is 0 Å². The van der Waals surface area contributed by atoms with E-state index >= 15 is 0 Å². The van der Waals surface area contributed by atoms with Gasteiger partial charge < -0.3 is 20.9 Å². The second-order valence-corrected chi connectivity index (χ2v) is 5.70. The molecule has 25 heavy (non-hydrogen) atoms. The summed E-state index contributed by atoms with van der Waals surface area (Å²) in [7, 11) is 0. The lowest BCUT2D eigenvalue weighted by Crippen LogP contribution is -2.52. The van der Waals surface area contributed by atoms with Crippen molar-refractivity contribution in [2.75, 3.05) is 39.3 Å². The van der Waals surface area contributed by atoms with Gasteiger partial charge in [-0.3, -0.25) is 14.4 Å². The van der Waals surface area contributed by atoms with Crippen molar-refractivity contribution in [1.82, 2.24) is 15.1 Å². The topological polar surface area (TPSA) is 95.7 Å². The molecular weight excluding hydrogens is 344 g/mol. The smallest absolute Gasteiger partial charge is 0.253 e. The largest absolute Gasteiger partial charge is 0.346 e. The highest BCUT2D eigenvalue weighted by Gasteiger charge is 2.24. The number of aryl methyl sites for hydroxylation is 1. The molecule has 1 aliphatic rings. The summed E-state index contributed by atoms with van der Waals surface area (Å²) in [4.78, 5) is 39.0. The van der Waals surface area contributed by atoms with Crippen LogP contribution in [0.5, 0.6) is 0 Å². The zero-order valence-electron chi connectivity index (χ0n) is 14.4. The van der Waals surface area contributed by atoms with E-state index in [9.17, 15) is 14.4 Å². The van der Waals surface area contributed by atoms with Crippen molar-refractivity contribution in [3.05, 3.63) is 35.4 Å². The highest BCUT2D eigenvalue weighted by molar-refractivity contribution is 5.94. The fourth-order valence-electron chi connectivity index (χ4n) is 2.58. The molecule has 0 bridgehead atoms. The summed E-state index contributed by atoms with van der Waals surface area (Å²) in [5.41, 5.74) is 7.05. The van der Waals surface area contributed by atoms with Crippen molar-refractivity contribution < 1.29 is 14.4 Å². The molecule has 0 aromatic heterocycles. The van der Waals surface area contributed by atoms with Crippen LogP contribution in [-0.2, 0) is 16.0 Å². The van der Waals surface area contributed by atoms with E-state index in [1.54, 1.807) is 9.80 Å². The van der Waals surface area contributed by atoms with E-state index in [2.05, 4.69) is 12.2 Å². The van der Waals surface area contributed by atoms with Crippen LogP contribution in [0, 0.1) is 0 Å². The Morgan fingerprint density at radius 3 is 2.12 bits per heavy atom. The number of hydrogen-bond acceptors (Lipinski definition) is 4. The molecule has 1 fully saturated rings. The SMILES string of the molecule is CCc1ccc(C(=O)N2CCN(C(=O)CNC(=O)CN)CC2)cc1.Cl. The molecule has 0 radical (unpaired) electrons. The summed E-state index contributed by atoms with van der Waals surface area (Å²) < 4.78 is 0. The first-order valence-corrected chi connectivity index (χ1v) is 8.18. The van der Waals surface area contributed by atoms with Crippen molar-refractivity contribution in [1.29, 1.82) is 0 Å². The number of hydrogen-bond donors (Lipinski definition) is 2. The maximum absolute atomic E-state index is 12.5. The molecule has 3 N–H and O–H groups in total. The number of piperazine rings is 1. The average molecular weight is 369 g/mol. The van der Waals surface area contributed by atoms with Crippen LogP contribution in [0.25, 0.3) is 0 Å². The Balaban J connectivity index is 0.00000312. The van der Waals surface area contributed by atoms with Gasteiger partial charge in [0.1, 0.15) is 0 Å². The number of nitrogens with two attached hydrogens (primary N) is 1. The van der Waals surface area contributed by atoms with Crippen LogP contribution in [0.2, 0.25) is 0 Å². The minimum Gasteiger partial charge on any atom is -0.346 e. The van der Waals surface area contributed by atoms with Gasteiger partial charge in [0, 0.05) is 31.7 Å². The monoisotopic (exact) mass is 368 g/mol. The van der Waals surface area contributed by atoms with E-state index < -0.39 is 0 Å². The van der Waals surface area contributed by atoms with Gasteiger partial charge in [-0.25, -0.2) is 0 Å². The van der Waals surface area contributed by atoms with Crippen LogP contribution in [0.1, 0.15) is 22.8 Å². The summed E-state index contributed by atoms with van der Waals surface area (Å²) in [6.45, 7) is 3.81. The first-order chi connectivity index (χ1) is 11.5. The Bertz CT molecular complexity index is 598. The van der Waals surface area contributed by atoms with Crippen molar-refractivity contribution in [3.8, 4) is 0 Å². The van der Waals surface area contributed by atoms with E-state index in [4.69, 9.17) is 5.73 Å². The second kappa shape index (κ2) is 10.0. The van der Waals surface area contributed by atoms with Gasteiger partial charge >= 0.3 is 0 Å². The Morgan fingerprint density at radius 2 is 1.60 bits per heavy atom. The summed E-state index contributed by atoms with van der Waals surface area (Å²) in [6.07, 6.45) is 0.940. The molecule has 1 saturated heterocycles. The van der Waals surface area contributed by atoms with Gasteiger partial charge in [-0.05, 0) is 24.1 Å². The molecule has 3 amide bonds. The van der Waals surface area contributed by atoms with Gasteiger partial charge in [0.25, 0.3) is 5.91 Å². The van der Waals surface area contributed by atoms with E-state index in [-0.39, 0.29) is 43.2 Å². The maximum atomic E-state index is 12.5. The van der Waals surface area contributed by atoms with Gasteiger partial charge in [-0.15, -0.1) is 12.4 Å². The molecule has 1 aromatic rings. The number of benzene rings is 1. The van der Waals surface area contributed by atoms with Gasteiger partial charge in [-0.1, -0.05) is 19.1 Å². The third-order valence-electron chi connectivity index (χ3n) is 4.15. The molecule has 0 saturated carbocycles. The predicted octanol–water partition coefficient (Wildman–Crippen LogP) is 0.0301. The fraction of sp³-hybridized carbons (Fsp3) is 0.471. The van der Waals surface area contributed by atoms with Gasteiger partial charge in [0.05, 0.1) is 13.1 Å². The Kier molecular flexibility index (Phi) is 8.37. The van der Waals surface area contributed by atoms with Crippen LogP contribution < -0.4 is 11.1 Å². The number of amides is 3. The number of rotatable bonds is 5. The molecule has 2 rings (SSSR count). The molecule has 0 aliphatic carbocycles. The summed E-state index contributed by atoms with van der Waals surface area (Å²) in [5.74, 6) is -0.523. The van der Waals surface area contributed by atoms with Crippen molar-refractivity contribution in [2.24, 2.45) is 5.73 Å². The van der Waals surface area contributed by atoms with E-state index in [1.165, 1.54) is 5.56 Å². The molecule has 0 unspecified atom stereocenters. The summed E-state index contributed by atoms with van der Waals surface area (Å²) in [5, 5.41) is 2.46.